The van der Waals surface area contributed by atoms with Crippen molar-refractivity contribution >= 4 is 0 Å². The van der Waals surface area contributed by atoms with Crippen LogP contribution in [0.5, 0.6) is 0 Å². The number of alkyl halides is 2. The van der Waals surface area contributed by atoms with E-state index in [4.69, 9.17) is 0 Å². The van der Waals surface area contributed by atoms with Crippen molar-refractivity contribution in [3.8, 4) is 0 Å². The highest BCUT2D eigenvalue weighted by molar-refractivity contribution is 4.99. The lowest BCUT2D eigenvalue weighted by Crippen LogP contribution is -2.19. The van der Waals surface area contributed by atoms with E-state index in [1.165, 1.54) is 25.7 Å². The van der Waals surface area contributed by atoms with Crippen molar-refractivity contribution in [1.82, 2.24) is 0 Å². The van der Waals surface area contributed by atoms with E-state index in [1.807, 2.05) is 0 Å². The fourth-order valence-corrected chi connectivity index (χ4v) is 4.14. The SMILES string of the molecule is CC(C)C1(C(C)F)CC1.CC(C)C1(C)CC1.CC(C)C1(CF)CC1.CC(C)C1CC1. The van der Waals surface area contributed by atoms with Crippen molar-refractivity contribution in [3.05, 3.63) is 0 Å². The van der Waals surface area contributed by atoms with Crippen molar-refractivity contribution in [1.29, 1.82) is 0 Å². The van der Waals surface area contributed by atoms with E-state index in [2.05, 4.69) is 62.3 Å². The average molecular weight is 429 g/mol. The second-order valence-corrected chi connectivity index (χ2v) is 12.5. The molecule has 4 aliphatic carbocycles. The van der Waals surface area contributed by atoms with E-state index < -0.39 is 6.17 Å². The molecule has 0 aromatic heterocycles. The summed E-state index contributed by atoms with van der Waals surface area (Å²) < 4.78 is 24.9. The summed E-state index contributed by atoms with van der Waals surface area (Å²) in [6.45, 7) is 21.6. The molecule has 0 radical (unpaired) electrons. The molecule has 1 unspecified atom stereocenters. The standard InChI is InChI=1S/C8H15F.C7H13F.C7H14.C6H12/c1-6(2)8(4-5-8)7(3)9;1-6(2)7(5-8)3-4-7;1-6(2)7(3)4-5-7;1-5(2)6-3-4-6/h6-7H,4-5H2,1-3H3;6H,3-5H2,1-2H3;6H,4-5H2,1-3H3;5-6H,3-4H2,1-2H3. The Morgan fingerprint density at radius 2 is 1.17 bits per heavy atom. The summed E-state index contributed by atoms with van der Waals surface area (Å²) in [5.41, 5.74) is 0.958. The Bertz CT molecular complexity index is 463. The van der Waals surface area contributed by atoms with Crippen LogP contribution in [0.4, 0.5) is 8.78 Å². The largest absolute Gasteiger partial charge is 0.250 e. The molecule has 0 amide bonds. The minimum Gasteiger partial charge on any atom is -0.250 e. The monoisotopic (exact) mass is 428 g/mol. The zero-order valence-corrected chi connectivity index (χ0v) is 22.1. The second-order valence-electron chi connectivity index (χ2n) is 12.5. The van der Waals surface area contributed by atoms with Crippen molar-refractivity contribution in [2.75, 3.05) is 6.67 Å². The van der Waals surface area contributed by atoms with Gasteiger partial charge >= 0.3 is 0 Å². The molecule has 30 heavy (non-hydrogen) atoms. The van der Waals surface area contributed by atoms with Gasteiger partial charge in [0, 0.05) is 10.8 Å². The van der Waals surface area contributed by atoms with Crippen LogP contribution in [0.1, 0.15) is 121 Å². The average Bonchev–Trinajstić information content (AvgIpc) is 3.52. The molecule has 0 aliphatic heterocycles. The molecule has 0 saturated heterocycles. The quantitative estimate of drug-likeness (QED) is 0.395. The van der Waals surface area contributed by atoms with E-state index in [0.717, 1.165) is 48.9 Å². The maximum Gasteiger partial charge on any atom is 0.103 e. The first kappa shape index (κ1) is 27.9. The minimum absolute atomic E-state index is 0.0833. The summed E-state index contributed by atoms with van der Waals surface area (Å²) in [6, 6.07) is 0. The van der Waals surface area contributed by atoms with Gasteiger partial charge in [0.05, 0.1) is 6.67 Å². The number of rotatable bonds is 6. The molecule has 0 bridgehead atoms. The van der Waals surface area contributed by atoms with Gasteiger partial charge in [-0.15, -0.1) is 0 Å². The van der Waals surface area contributed by atoms with Crippen molar-refractivity contribution in [3.63, 3.8) is 0 Å². The molecule has 0 heterocycles. The summed E-state index contributed by atoms with van der Waals surface area (Å²) in [7, 11) is 0. The Balaban J connectivity index is 0.000000202. The molecular weight excluding hydrogens is 374 g/mol. The van der Waals surface area contributed by atoms with Gasteiger partial charge in [-0.2, -0.15) is 0 Å². The van der Waals surface area contributed by atoms with Crippen molar-refractivity contribution in [2.45, 2.75) is 127 Å². The van der Waals surface area contributed by atoms with Gasteiger partial charge in [0.2, 0.25) is 0 Å². The third-order valence-corrected chi connectivity index (χ3v) is 9.15. The first-order valence-electron chi connectivity index (χ1n) is 13.0. The highest BCUT2D eigenvalue weighted by atomic mass is 19.1. The molecule has 4 aliphatic rings. The summed E-state index contributed by atoms with van der Waals surface area (Å²) in [6.07, 6.45) is 9.75. The second kappa shape index (κ2) is 11.1. The number of hydrogen-bond donors (Lipinski definition) is 0. The Morgan fingerprint density at radius 3 is 1.17 bits per heavy atom. The van der Waals surface area contributed by atoms with Crippen LogP contribution in [-0.2, 0) is 0 Å². The fraction of sp³-hybridized carbons (Fsp3) is 1.00. The summed E-state index contributed by atoms with van der Waals surface area (Å²) in [5.74, 6) is 4.05. The van der Waals surface area contributed by atoms with Gasteiger partial charge in [0.1, 0.15) is 6.17 Å². The topological polar surface area (TPSA) is 0 Å². The van der Waals surface area contributed by atoms with Gasteiger partial charge in [-0.3, -0.25) is 4.39 Å². The number of halogens is 2. The molecule has 4 fully saturated rings. The van der Waals surface area contributed by atoms with Crippen LogP contribution in [-0.4, -0.2) is 12.8 Å². The summed E-state index contributed by atoms with van der Waals surface area (Å²) in [4.78, 5) is 0. The lowest BCUT2D eigenvalue weighted by molar-refractivity contribution is 0.175. The Kier molecular flexibility index (Phi) is 10.3. The first-order valence-corrected chi connectivity index (χ1v) is 13.0. The Morgan fingerprint density at radius 1 is 0.700 bits per heavy atom. The van der Waals surface area contributed by atoms with E-state index in [0.29, 0.717) is 11.8 Å². The van der Waals surface area contributed by atoms with Crippen LogP contribution in [0.2, 0.25) is 0 Å². The van der Waals surface area contributed by atoms with Gasteiger partial charge in [0.15, 0.2) is 0 Å². The predicted molar refractivity (Wildman–Crippen MR) is 129 cm³/mol. The van der Waals surface area contributed by atoms with E-state index in [9.17, 15) is 8.78 Å². The lowest BCUT2D eigenvalue weighted by atomic mass is 9.88. The molecule has 0 aromatic carbocycles. The van der Waals surface area contributed by atoms with Crippen LogP contribution in [0.25, 0.3) is 0 Å². The maximum atomic E-state index is 12.8. The third kappa shape index (κ3) is 8.42. The highest BCUT2D eigenvalue weighted by Crippen LogP contribution is 2.55. The molecule has 0 N–H and O–H groups in total. The molecule has 0 nitrogen and oxygen atoms in total. The molecule has 4 saturated carbocycles. The lowest BCUT2D eigenvalue weighted by Gasteiger charge is -2.20. The van der Waals surface area contributed by atoms with Gasteiger partial charge < -0.3 is 0 Å². The van der Waals surface area contributed by atoms with Crippen LogP contribution in [0, 0.1) is 45.8 Å². The Hall–Kier alpha value is -0.140. The fourth-order valence-electron chi connectivity index (χ4n) is 4.14. The van der Waals surface area contributed by atoms with Crippen LogP contribution in [0.15, 0.2) is 0 Å². The number of hydrogen-bond acceptors (Lipinski definition) is 0. The maximum absolute atomic E-state index is 12.8. The normalized spacial score (nSPS) is 24.8. The molecular formula is C28H54F2. The molecule has 1 atom stereocenters. The first-order chi connectivity index (χ1) is 13.8. The van der Waals surface area contributed by atoms with Gasteiger partial charge in [-0.05, 0) is 93.3 Å². The molecule has 180 valence electrons. The zero-order chi connectivity index (χ0) is 23.3. The molecule has 0 aromatic rings. The molecule has 4 rings (SSSR count). The van der Waals surface area contributed by atoms with E-state index in [1.54, 1.807) is 6.92 Å². The molecule has 0 spiro atoms. The van der Waals surface area contributed by atoms with E-state index in [-0.39, 0.29) is 17.5 Å². The van der Waals surface area contributed by atoms with Crippen LogP contribution < -0.4 is 0 Å². The highest BCUT2D eigenvalue weighted by Gasteiger charge is 2.50. The zero-order valence-electron chi connectivity index (χ0n) is 22.1. The Labute approximate surface area is 188 Å². The van der Waals surface area contributed by atoms with Crippen LogP contribution in [0.3, 0.4) is 0 Å². The smallest absolute Gasteiger partial charge is 0.103 e. The van der Waals surface area contributed by atoms with Gasteiger partial charge in [-0.1, -0.05) is 62.3 Å². The third-order valence-electron chi connectivity index (χ3n) is 9.15. The minimum atomic E-state index is -0.600. The van der Waals surface area contributed by atoms with Gasteiger partial charge in [0.25, 0.3) is 0 Å². The van der Waals surface area contributed by atoms with Gasteiger partial charge in [-0.25, -0.2) is 4.39 Å². The van der Waals surface area contributed by atoms with Crippen molar-refractivity contribution < 1.29 is 8.78 Å². The summed E-state index contributed by atoms with van der Waals surface area (Å²) >= 11 is 0. The van der Waals surface area contributed by atoms with E-state index >= 15 is 0 Å². The predicted octanol–water partition coefficient (Wildman–Crippen LogP) is 9.67. The molecule has 2 heteroatoms. The van der Waals surface area contributed by atoms with Crippen molar-refractivity contribution in [2.24, 2.45) is 45.8 Å². The summed E-state index contributed by atoms with van der Waals surface area (Å²) in [5, 5.41) is 0. The van der Waals surface area contributed by atoms with Crippen LogP contribution >= 0.6 is 0 Å².